The highest BCUT2D eigenvalue weighted by atomic mass is 16.2. The van der Waals surface area contributed by atoms with Crippen molar-refractivity contribution in [2.24, 2.45) is 7.05 Å². The Kier molecular flexibility index (Phi) is 4.39. The van der Waals surface area contributed by atoms with Crippen LogP contribution in [0.4, 0.5) is 10.5 Å². The molecule has 0 aliphatic carbocycles. The molecule has 0 spiro atoms. The fourth-order valence-corrected chi connectivity index (χ4v) is 1.91. The molecule has 0 atom stereocenters. The van der Waals surface area contributed by atoms with E-state index in [9.17, 15) is 4.79 Å². The molecule has 0 unspecified atom stereocenters. The van der Waals surface area contributed by atoms with Crippen molar-refractivity contribution in [1.29, 1.82) is 0 Å². The number of anilines is 1. The van der Waals surface area contributed by atoms with E-state index < -0.39 is 0 Å². The number of urea groups is 1. The first-order chi connectivity index (χ1) is 9.58. The van der Waals surface area contributed by atoms with Crippen LogP contribution in [0.15, 0.2) is 18.5 Å². The monoisotopic (exact) mass is 276 g/mol. The summed E-state index contributed by atoms with van der Waals surface area (Å²) in [6, 6.07) is 1.82. The summed E-state index contributed by atoms with van der Waals surface area (Å²) >= 11 is 0. The molecule has 0 radical (unpaired) electrons. The third kappa shape index (κ3) is 3.59. The number of amides is 2. The number of aryl methyl sites for hydroxylation is 2. The van der Waals surface area contributed by atoms with E-state index in [4.69, 9.17) is 0 Å². The van der Waals surface area contributed by atoms with Crippen LogP contribution in [0.2, 0.25) is 0 Å². The van der Waals surface area contributed by atoms with Crippen LogP contribution in [-0.4, -0.2) is 38.0 Å². The maximum absolute atomic E-state index is 12.0. The second-order valence-electron chi connectivity index (χ2n) is 4.82. The number of aromatic amines is 1. The molecule has 2 heterocycles. The SMILES string of the molecule is CCCc1cc(CN(C)C(=O)Nc2cnn(C)c2)[nH]n1. The quantitative estimate of drug-likeness (QED) is 0.873. The van der Waals surface area contributed by atoms with Crippen molar-refractivity contribution < 1.29 is 4.79 Å². The molecule has 2 N–H and O–H groups in total. The predicted molar refractivity (Wildman–Crippen MR) is 76.3 cm³/mol. The molecule has 0 aromatic carbocycles. The number of rotatable bonds is 5. The van der Waals surface area contributed by atoms with Crippen LogP contribution >= 0.6 is 0 Å². The molecule has 7 heteroatoms. The Morgan fingerprint density at radius 2 is 2.35 bits per heavy atom. The van der Waals surface area contributed by atoms with Gasteiger partial charge in [0.2, 0.25) is 0 Å². The molecule has 0 saturated heterocycles. The lowest BCUT2D eigenvalue weighted by Crippen LogP contribution is -2.30. The molecule has 0 aliphatic heterocycles. The summed E-state index contributed by atoms with van der Waals surface area (Å²) in [5.74, 6) is 0. The molecule has 20 heavy (non-hydrogen) atoms. The van der Waals surface area contributed by atoms with Crippen LogP contribution in [0.1, 0.15) is 24.7 Å². The Morgan fingerprint density at radius 1 is 1.55 bits per heavy atom. The highest BCUT2D eigenvalue weighted by Crippen LogP contribution is 2.08. The fourth-order valence-electron chi connectivity index (χ4n) is 1.91. The lowest BCUT2D eigenvalue weighted by molar-refractivity contribution is 0.220. The van der Waals surface area contributed by atoms with Crippen molar-refractivity contribution in [2.45, 2.75) is 26.3 Å². The molecular weight excluding hydrogens is 256 g/mol. The van der Waals surface area contributed by atoms with E-state index >= 15 is 0 Å². The Balaban J connectivity index is 1.89. The van der Waals surface area contributed by atoms with Gasteiger partial charge in [-0.25, -0.2) is 4.79 Å². The van der Waals surface area contributed by atoms with Crippen LogP contribution in [0, 0.1) is 0 Å². The van der Waals surface area contributed by atoms with Gasteiger partial charge in [-0.1, -0.05) is 13.3 Å². The van der Waals surface area contributed by atoms with Gasteiger partial charge in [-0.05, 0) is 12.5 Å². The molecule has 2 aromatic heterocycles. The Labute approximate surface area is 118 Å². The minimum atomic E-state index is -0.176. The maximum atomic E-state index is 12.0. The number of aromatic nitrogens is 4. The minimum Gasteiger partial charge on any atom is -0.322 e. The van der Waals surface area contributed by atoms with E-state index in [0.29, 0.717) is 12.2 Å². The Bertz CT molecular complexity index is 573. The fraction of sp³-hybridized carbons (Fsp3) is 0.462. The summed E-state index contributed by atoms with van der Waals surface area (Å²) < 4.78 is 1.64. The van der Waals surface area contributed by atoms with Crippen molar-refractivity contribution in [2.75, 3.05) is 12.4 Å². The number of carbonyl (C=O) groups excluding carboxylic acids is 1. The second kappa shape index (κ2) is 6.23. The number of hydrogen-bond donors (Lipinski definition) is 2. The van der Waals surface area contributed by atoms with Crippen molar-refractivity contribution in [3.05, 3.63) is 29.8 Å². The van der Waals surface area contributed by atoms with E-state index in [1.165, 1.54) is 0 Å². The van der Waals surface area contributed by atoms with Crippen molar-refractivity contribution in [1.82, 2.24) is 24.9 Å². The molecule has 0 saturated carbocycles. The molecule has 2 aromatic rings. The average molecular weight is 276 g/mol. The van der Waals surface area contributed by atoms with Gasteiger partial charge in [0.05, 0.1) is 29.8 Å². The topological polar surface area (TPSA) is 78.8 Å². The summed E-state index contributed by atoms with van der Waals surface area (Å²) in [6.07, 6.45) is 5.37. The van der Waals surface area contributed by atoms with Crippen LogP contribution in [0.25, 0.3) is 0 Å². The summed E-state index contributed by atoms with van der Waals surface area (Å²) in [7, 11) is 3.55. The van der Waals surface area contributed by atoms with Gasteiger partial charge in [-0.15, -0.1) is 0 Å². The predicted octanol–water partition coefficient (Wildman–Crippen LogP) is 1.76. The normalized spacial score (nSPS) is 10.6. The highest BCUT2D eigenvalue weighted by molar-refractivity contribution is 5.88. The van der Waals surface area contributed by atoms with E-state index in [0.717, 1.165) is 24.2 Å². The highest BCUT2D eigenvalue weighted by Gasteiger charge is 2.11. The van der Waals surface area contributed by atoms with Crippen LogP contribution < -0.4 is 5.32 Å². The second-order valence-corrected chi connectivity index (χ2v) is 4.82. The maximum Gasteiger partial charge on any atom is 0.322 e. The first-order valence-corrected chi connectivity index (χ1v) is 6.62. The zero-order valence-corrected chi connectivity index (χ0v) is 12.1. The van der Waals surface area contributed by atoms with Gasteiger partial charge in [-0.2, -0.15) is 10.2 Å². The minimum absolute atomic E-state index is 0.176. The molecule has 0 aliphatic rings. The zero-order chi connectivity index (χ0) is 14.5. The summed E-state index contributed by atoms with van der Waals surface area (Å²) in [5, 5.41) is 14.0. The van der Waals surface area contributed by atoms with Crippen LogP contribution in [-0.2, 0) is 20.0 Å². The van der Waals surface area contributed by atoms with E-state index in [1.54, 1.807) is 36.1 Å². The smallest absolute Gasteiger partial charge is 0.322 e. The Morgan fingerprint density at radius 3 is 3.00 bits per heavy atom. The Hall–Kier alpha value is -2.31. The third-order valence-corrected chi connectivity index (χ3v) is 2.90. The van der Waals surface area contributed by atoms with Gasteiger partial charge in [-0.3, -0.25) is 9.78 Å². The number of hydrogen-bond acceptors (Lipinski definition) is 3. The number of carbonyl (C=O) groups is 1. The van der Waals surface area contributed by atoms with Crippen molar-refractivity contribution >= 4 is 11.7 Å². The zero-order valence-electron chi connectivity index (χ0n) is 12.1. The third-order valence-electron chi connectivity index (χ3n) is 2.90. The van der Waals surface area contributed by atoms with E-state index in [2.05, 4.69) is 27.5 Å². The summed E-state index contributed by atoms with van der Waals surface area (Å²) in [6.45, 7) is 2.60. The number of H-pyrrole nitrogens is 1. The van der Waals surface area contributed by atoms with E-state index in [-0.39, 0.29) is 6.03 Å². The molecule has 108 valence electrons. The summed E-state index contributed by atoms with van der Waals surface area (Å²) in [5.41, 5.74) is 2.64. The molecule has 0 bridgehead atoms. The van der Waals surface area contributed by atoms with Crippen molar-refractivity contribution in [3.63, 3.8) is 0 Å². The molecule has 2 rings (SSSR count). The van der Waals surface area contributed by atoms with Crippen LogP contribution in [0.5, 0.6) is 0 Å². The van der Waals surface area contributed by atoms with Gasteiger partial charge >= 0.3 is 6.03 Å². The average Bonchev–Trinajstić information content (AvgIpc) is 2.99. The summed E-state index contributed by atoms with van der Waals surface area (Å²) in [4.78, 5) is 13.6. The largest absolute Gasteiger partial charge is 0.322 e. The molecule has 7 nitrogen and oxygen atoms in total. The van der Waals surface area contributed by atoms with Gasteiger partial charge in [0.15, 0.2) is 0 Å². The van der Waals surface area contributed by atoms with Crippen molar-refractivity contribution in [3.8, 4) is 0 Å². The van der Waals surface area contributed by atoms with Gasteiger partial charge < -0.3 is 10.2 Å². The van der Waals surface area contributed by atoms with Crippen LogP contribution in [0.3, 0.4) is 0 Å². The van der Waals surface area contributed by atoms with Gasteiger partial charge in [0.1, 0.15) is 0 Å². The van der Waals surface area contributed by atoms with Gasteiger partial charge in [0, 0.05) is 20.3 Å². The molecule has 0 fully saturated rings. The first-order valence-electron chi connectivity index (χ1n) is 6.62. The molecule has 2 amide bonds. The lowest BCUT2D eigenvalue weighted by atomic mass is 10.2. The number of nitrogens with one attached hydrogen (secondary N) is 2. The molecular formula is C13H20N6O. The first kappa shape index (κ1) is 14.1. The lowest BCUT2D eigenvalue weighted by Gasteiger charge is -2.16. The van der Waals surface area contributed by atoms with E-state index in [1.807, 2.05) is 6.07 Å². The number of nitrogens with zero attached hydrogens (tertiary/aromatic N) is 4. The van der Waals surface area contributed by atoms with Gasteiger partial charge in [0.25, 0.3) is 0 Å². The standard InChI is InChI=1S/C13H20N6O/c1-4-5-10-6-11(17-16-10)8-18(2)13(20)15-12-7-14-19(3)9-12/h6-7,9H,4-5,8H2,1-3H3,(H,15,20)(H,16,17).